The van der Waals surface area contributed by atoms with Gasteiger partial charge in [0.1, 0.15) is 5.69 Å². The fourth-order valence-corrected chi connectivity index (χ4v) is 3.13. The Bertz CT molecular complexity index is 1270. The highest BCUT2D eigenvalue weighted by atomic mass is 16.2. The van der Waals surface area contributed by atoms with Crippen LogP contribution < -0.4 is 10.7 Å². The van der Waals surface area contributed by atoms with Gasteiger partial charge in [0.2, 0.25) is 0 Å². The fraction of sp³-hybridized carbons (Fsp3) is 0.0909. The topological polar surface area (TPSA) is 104 Å². The fourth-order valence-electron chi connectivity index (χ4n) is 3.13. The number of hydrazone groups is 1. The highest BCUT2D eigenvalue weighted by Crippen LogP contribution is 2.17. The molecule has 3 N–H and O–H groups in total. The number of nitrogens with one attached hydrogen (secondary N) is 3. The van der Waals surface area contributed by atoms with Crippen molar-refractivity contribution in [2.24, 2.45) is 12.1 Å². The summed E-state index contributed by atoms with van der Waals surface area (Å²) in [6, 6.07) is 16.5. The summed E-state index contributed by atoms with van der Waals surface area (Å²) in [5.74, 6) is -0.554. The van der Waals surface area contributed by atoms with Crippen molar-refractivity contribution < 1.29 is 9.59 Å². The van der Waals surface area contributed by atoms with Crippen LogP contribution in [0.4, 0.5) is 5.69 Å². The predicted molar refractivity (Wildman–Crippen MR) is 116 cm³/mol. The summed E-state index contributed by atoms with van der Waals surface area (Å²) in [6.07, 6.45) is 3.23. The molecule has 0 saturated carbocycles. The number of carbonyl (C=O) groups is 2. The van der Waals surface area contributed by atoms with E-state index in [1.807, 2.05) is 36.4 Å². The highest BCUT2D eigenvalue weighted by Gasteiger charge is 2.12. The Labute approximate surface area is 172 Å². The molecule has 0 aliphatic carbocycles. The molecule has 0 unspecified atom stereocenters. The number of amides is 2. The maximum Gasteiger partial charge on any atom is 0.273 e. The van der Waals surface area contributed by atoms with Gasteiger partial charge in [-0.2, -0.15) is 10.2 Å². The van der Waals surface area contributed by atoms with Gasteiger partial charge in [-0.3, -0.25) is 14.3 Å². The van der Waals surface area contributed by atoms with Crippen molar-refractivity contribution in [3.05, 3.63) is 83.8 Å². The van der Waals surface area contributed by atoms with Crippen molar-refractivity contribution in [2.75, 3.05) is 5.32 Å². The Morgan fingerprint density at radius 1 is 1.07 bits per heavy atom. The van der Waals surface area contributed by atoms with Crippen LogP contribution in [-0.2, 0) is 7.05 Å². The van der Waals surface area contributed by atoms with Gasteiger partial charge in [0.25, 0.3) is 11.8 Å². The second-order valence-corrected chi connectivity index (χ2v) is 6.76. The molecule has 0 atom stereocenters. The molecule has 2 heterocycles. The molecule has 4 aromatic rings. The monoisotopic (exact) mass is 400 g/mol. The van der Waals surface area contributed by atoms with E-state index < -0.39 is 0 Å². The van der Waals surface area contributed by atoms with Crippen molar-refractivity contribution in [1.82, 2.24) is 20.2 Å². The quantitative estimate of drug-likeness (QED) is 0.354. The Balaban J connectivity index is 1.48. The van der Waals surface area contributed by atoms with Crippen LogP contribution in [0.15, 0.2) is 72.1 Å². The number of fused-ring (bicyclic) bond motifs is 1. The van der Waals surface area contributed by atoms with E-state index in [0.717, 1.165) is 16.5 Å². The van der Waals surface area contributed by atoms with E-state index in [-0.39, 0.29) is 11.8 Å². The van der Waals surface area contributed by atoms with E-state index in [1.165, 1.54) is 4.68 Å². The summed E-state index contributed by atoms with van der Waals surface area (Å²) < 4.78 is 1.51. The van der Waals surface area contributed by atoms with Gasteiger partial charge in [-0.25, -0.2) is 5.43 Å². The Morgan fingerprint density at radius 3 is 2.70 bits per heavy atom. The zero-order valence-electron chi connectivity index (χ0n) is 16.5. The molecule has 0 saturated heterocycles. The second-order valence-electron chi connectivity index (χ2n) is 6.76. The average Bonchev–Trinajstić information content (AvgIpc) is 3.38. The number of H-pyrrole nitrogens is 1. The van der Waals surface area contributed by atoms with E-state index in [0.29, 0.717) is 22.7 Å². The van der Waals surface area contributed by atoms with Crippen LogP contribution >= 0.6 is 0 Å². The molecule has 2 amide bonds. The van der Waals surface area contributed by atoms with Gasteiger partial charge >= 0.3 is 0 Å². The summed E-state index contributed by atoms with van der Waals surface area (Å²) in [5, 5.41) is 11.9. The largest absolute Gasteiger partial charge is 0.360 e. The number of aromatic amines is 1. The van der Waals surface area contributed by atoms with Gasteiger partial charge in [-0.1, -0.05) is 30.3 Å². The van der Waals surface area contributed by atoms with E-state index in [9.17, 15) is 9.59 Å². The van der Waals surface area contributed by atoms with Crippen LogP contribution in [0.3, 0.4) is 0 Å². The minimum Gasteiger partial charge on any atom is -0.360 e. The lowest BCUT2D eigenvalue weighted by Crippen LogP contribution is -2.19. The second kappa shape index (κ2) is 8.04. The molecule has 0 bridgehead atoms. The van der Waals surface area contributed by atoms with Crippen LogP contribution in [0.2, 0.25) is 0 Å². The Morgan fingerprint density at radius 2 is 1.90 bits per heavy atom. The average molecular weight is 400 g/mol. The summed E-state index contributed by atoms with van der Waals surface area (Å²) in [7, 11) is 1.71. The first-order valence-corrected chi connectivity index (χ1v) is 9.33. The molecule has 0 fully saturated rings. The number of para-hydroxylation sites is 1. The standard InChI is InChI=1S/C22H20N6O2/c1-14(26-27-21(29)18-13-23-19-9-4-3-8-17(18)19)15-6-5-7-16(12-15)25-22(30)20-10-11-24-28(20)2/h3-13,23H,1-2H3,(H,25,30)(H,27,29)/b26-14+. The van der Waals surface area contributed by atoms with Crippen molar-refractivity contribution >= 4 is 34.1 Å². The SMILES string of the molecule is C/C(=N\NC(=O)c1c[nH]c2ccccc12)c1cccc(NC(=O)c2ccnn2C)c1. The molecule has 0 aliphatic heterocycles. The smallest absolute Gasteiger partial charge is 0.273 e. The molecule has 30 heavy (non-hydrogen) atoms. The van der Waals surface area contributed by atoms with Crippen molar-refractivity contribution in [1.29, 1.82) is 0 Å². The predicted octanol–water partition coefficient (Wildman–Crippen LogP) is 3.31. The lowest BCUT2D eigenvalue weighted by molar-refractivity contribution is 0.0955. The molecule has 2 aromatic heterocycles. The lowest BCUT2D eigenvalue weighted by atomic mass is 10.1. The van der Waals surface area contributed by atoms with Gasteiger partial charge in [-0.05, 0) is 36.8 Å². The number of aromatic nitrogens is 3. The molecule has 8 nitrogen and oxygen atoms in total. The highest BCUT2D eigenvalue weighted by molar-refractivity contribution is 6.08. The lowest BCUT2D eigenvalue weighted by Gasteiger charge is -2.08. The summed E-state index contributed by atoms with van der Waals surface area (Å²) in [6.45, 7) is 1.79. The maximum absolute atomic E-state index is 12.5. The van der Waals surface area contributed by atoms with Crippen molar-refractivity contribution in [3.63, 3.8) is 0 Å². The molecule has 0 spiro atoms. The minimum absolute atomic E-state index is 0.255. The van der Waals surface area contributed by atoms with Crippen LogP contribution in [-0.4, -0.2) is 32.3 Å². The minimum atomic E-state index is -0.299. The molecule has 150 valence electrons. The first kappa shape index (κ1) is 19.1. The van der Waals surface area contributed by atoms with Crippen LogP contribution in [0, 0.1) is 0 Å². The summed E-state index contributed by atoms with van der Waals surface area (Å²) >= 11 is 0. The van der Waals surface area contributed by atoms with Crippen molar-refractivity contribution in [3.8, 4) is 0 Å². The van der Waals surface area contributed by atoms with E-state index in [4.69, 9.17) is 0 Å². The third kappa shape index (κ3) is 3.83. The zero-order chi connectivity index (χ0) is 21.1. The Hall–Kier alpha value is -4.20. The molecular weight excluding hydrogens is 380 g/mol. The van der Waals surface area contributed by atoms with E-state index in [2.05, 4.69) is 25.9 Å². The number of aryl methyl sites for hydroxylation is 1. The van der Waals surface area contributed by atoms with Gasteiger partial charge in [0.15, 0.2) is 0 Å². The third-order valence-electron chi connectivity index (χ3n) is 4.75. The van der Waals surface area contributed by atoms with E-state index >= 15 is 0 Å². The normalized spacial score (nSPS) is 11.5. The maximum atomic E-state index is 12.5. The van der Waals surface area contributed by atoms with Crippen molar-refractivity contribution in [2.45, 2.75) is 6.92 Å². The van der Waals surface area contributed by atoms with Crippen LogP contribution in [0.5, 0.6) is 0 Å². The van der Waals surface area contributed by atoms with Gasteiger partial charge < -0.3 is 10.3 Å². The van der Waals surface area contributed by atoms with Crippen LogP contribution in [0.25, 0.3) is 10.9 Å². The number of carbonyl (C=O) groups excluding carboxylic acids is 2. The number of rotatable bonds is 5. The van der Waals surface area contributed by atoms with Gasteiger partial charge in [0.05, 0.1) is 11.3 Å². The zero-order valence-corrected chi connectivity index (χ0v) is 16.5. The van der Waals surface area contributed by atoms with Crippen LogP contribution in [0.1, 0.15) is 33.3 Å². The number of nitrogens with zero attached hydrogens (tertiary/aromatic N) is 3. The molecule has 8 heteroatoms. The number of hydrogen-bond donors (Lipinski definition) is 3. The molecule has 2 aromatic carbocycles. The van der Waals surface area contributed by atoms with Gasteiger partial charge in [0, 0.05) is 36.0 Å². The summed E-state index contributed by atoms with van der Waals surface area (Å²) in [5.41, 5.74) is 6.47. The van der Waals surface area contributed by atoms with E-state index in [1.54, 1.807) is 44.6 Å². The molecule has 0 radical (unpaired) electrons. The summed E-state index contributed by atoms with van der Waals surface area (Å²) in [4.78, 5) is 28.0. The molecule has 0 aliphatic rings. The number of benzene rings is 2. The third-order valence-corrected chi connectivity index (χ3v) is 4.75. The number of hydrogen-bond acceptors (Lipinski definition) is 4. The Kier molecular flexibility index (Phi) is 5.13. The first-order valence-electron chi connectivity index (χ1n) is 9.33. The first-order chi connectivity index (χ1) is 14.5. The van der Waals surface area contributed by atoms with Gasteiger partial charge in [-0.15, -0.1) is 0 Å². The molecular formula is C22H20N6O2. The molecule has 4 rings (SSSR count). The number of anilines is 1.